The van der Waals surface area contributed by atoms with Crippen LogP contribution >= 0.6 is 0 Å². The number of hydrogen-bond acceptors (Lipinski definition) is 1. The Morgan fingerprint density at radius 1 is 1.42 bits per heavy atom. The molecular weight excluding hydrogens is 160 g/mol. The lowest BCUT2D eigenvalue weighted by atomic mass is 10.2. The minimum Gasteiger partial charge on any atom is -0.294 e. The third kappa shape index (κ3) is 1.60. The summed E-state index contributed by atoms with van der Waals surface area (Å²) in [6.07, 6.45) is 2.54. The molecule has 0 aromatic heterocycles. The second-order valence-electron chi connectivity index (χ2n) is 4.15. The minimum atomic E-state index is -2.41. The highest BCUT2D eigenvalue weighted by atomic mass is 19.3. The van der Waals surface area contributed by atoms with Crippen LogP contribution in [0.3, 0.4) is 0 Å². The average molecular weight is 175 g/mol. The number of alkyl halides is 2. The van der Waals surface area contributed by atoms with Crippen molar-refractivity contribution in [3.63, 3.8) is 0 Å². The van der Waals surface area contributed by atoms with E-state index in [2.05, 4.69) is 6.92 Å². The van der Waals surface area contributed by atoms with Gasteiger partial charge in [0.2, 0.25) is 0 Å². The van der Waals surface area contributed by atoms with Crippen LogP contribution in [0, 0.1) is 5.92 Å². The molecule has 0 bridgehead atoms. The Hall–Kier alpha value is -0.180. The molecule has 1 atom stereocenters. The first kappa shape index (κ1) is 8.42. The summed E-state index contributed by atoms with van der Waals surface area (Å²) in [6, 6.07) is 0.387. The van der Waals surface area contributed by atoms with Gasteiger partial charge in [0.05, 0.1) is 6.54 Å². The van der Waals surface area contributed by atoms with Crippen molar-refractivity contribution >= 4 is 0 Å². The molecule has 2 fully saturated rings. The Morgan fingerprint density at radius 2 is 2.08 bits per heavy atom. The fourth-order valence-electron chi connectivity index (χ4n) is 1.99. The van der Waals surface area contributed by atoms with Gasteiger partial charge in [-0.15, -0.1) is 0 Å². The molecule has 0 aromatic rings. The fourth-order valence-corrected chi connectivity index (χ4v) is 1.99. The summed E-state index contributed by atoms with van der Waals surface area (Å²) in [6.45, 7) is 2.66. The topological polar surface area (TPSA) is 3.24 Å². The van der Waals surface area contributed by atoms with Gasteiger partial charge in [0, 0.05) is 19.0 Å². The summed E-state index contributed by atoms with van der Waals surface area (Å²) in [5.41, 5.74) is 0. The van der Waals surface area contributed by atoms with E-state index in [1.165, 1.54) is 12.8 Å². The van der Waals surface area contributed by atoms with Crippen LogP contribution in [0.5, 0.6) is 0 Å². The van der Waals surface area contributed by atoms with E-state index < -0.39 is 5.92 Å². The molecule has 70 valence electrons. The molecule has 0 radical (unpaired) electrons. The molecule has 1 unspecified atom stereocenters. The molecule has 1 aliphatic heterocycles. The molecule has 0 aromatic carbocycles. The van der Waals surface area contributed by atoms with Gasteiger partial charge in [-0.2, -0.15) is 0 Å². The third-order valence-electron chi connectivity index (χ3n) is 3.08. The van der Waals surface area contributed by atoms with Crippen molar-refractivity contribution in [2.45, 2.75) is 38.2 Å². The molecule has 0 spiro atoms. The second kappa shape index (κ2) is 2.66. The smallest absolute Gasteiger partial charge is 0.261 e. The van der Waals surface area contributed by atoms with Crippen LogP contribution < -0.4 is 0 Å². The predicted octanol–water partition coefficient (Wildman–Crippen LogP) is 2.13. The van der Waals surface area contributed by atoms with E-state index in [1.807, 2.05) is 4.90 Å². The minimum absolute atomic E-state index is 0.00926. The highest BCUT2D eigenvalue weighted by Gasteiger charge is 2.43. The average Bonchev–Trinajstić information content (AvgIpc) is 2.75. The second-order valence-corrected chi connectivity index (χ2v) is 4.15. The first-order valence-electron chi connectivity index (χ1n) is 4.70. The maximum Gasteiger partial charge on any atom is 0.261 e. The zero-order valence-electron chi connectivity index (χ0n) is 7.39. The first-order valence-corrected chi connectivity index (χ1v) is 4.70. The van der Waals surface area contributed by atoms with E-state index in [-0.39, 0.29) is 13.0 Å². The van der Waals surface area contributed by atoms with Crippen molar-refractivity contribution in [2.75, 3.05) is 13.1 Å². The SMILES string of the molecule is CC(C1CC1)N1CCC(F)(F)C1. The molecule has 1 aliphatic carbocycles. The molecule has 12 heavy (non-hydrogen) atoms. The summed E-state index contributed by atoms with van der Waals surface area (Å²) >= 11 is 0. The number of halogens is 2. The maximum absolute atomic E-state index is 12.8. The quantitative estimate of drug-likeness (QED) is 0.621. The van der Waals surface area contributed by atoms with Crippen LogP contribution in [-0.2, 0) is 0 Å². The molecule has 1 heterocycles. The summed E-state index contributed by atoms with van der Waals surface area (Å²) in [4.78, 5) is 1.94. The van der Waals surface area contributed by atoms with E-state index in [4.69, 9.17) is 0 Å². The van der Waals surface area contributed by atoms with Crippen LogP contribution in [0.25, 0.3) is 0 Å². The van der Waals surface area contributed by atoms with E-state index in [1.54, 1.807) is 0 Å². The van der Waals surface area contributed by atoms with Crippen molar-refractivity contribution in [1.29, 1.82) is 0 Å². The third-order valence-corrected chi connectivity index (χ3v) is 3.08. The van der Waals surface area contributed by atoms with Crippen molar-refractivity contribution in [3.05, 3.63) is 0 Å². The lowest BCUT2D eigenvalue weighted by Crippen LogP contribution is -2.34. The zero-order valence-corrected chi connectivity index (χ0v) is 7.39. The highest BCUT2D eigenvalue weighted by Crippen LogP contribution is 2.38. The summed E-state index contributed by atoms with van der Waals surface area (Å²) in [5, 5.41) is 0. The number of hydrogen-bond donors (Lipinski definition) is 0. The Labute approximate surface area is 71.7 Å². The lowest BCUT2D eigenvalue weighted by molar-refractivity contribution is 0.00740. The van der Waals surface area contributed by atoms with Crippen LogP contribution in [-0.4, -0.2) is 30.0 Å². The molecule has 1 saturated heterocycles. The van der Waals surface area contributed by atoms with Crippen LogP contribution in [0.2, 0.25) is 0 Å². The number of likely N-dealkylation sites (tertiary alicyclic amines) is 1. The highest BCUT2D eigenvalue weighted by molar-refractivity contribution is 4.91. The molecule has 2 rings (SSSR count). The number of nitrogens with zero attached hydrogens (tertiary/aromatic N) is 1. The lowest BCUT2D eigenvalue weighted by Gasteiger charge is -2.23. The summed E-state index contributed by atoms with van der Waals surface area (Å²) in [5.74, 6) is -1.71. The fraction of sp³-hybridized carbons (Fsp3) is 1.00. The van der Waals surface area contributed by atoms with Gasteiger partial charge >= 0.3 is 0 Å². The Kier molecular flexibility index (Phi) is 1.86. The molecule has 0 amide bonds. The van der Waals surface area contributed by atoms with Crippen molar-refractivity contribution < 1.29 is 8.78 Å². The van der Waals surface area contributed by atoms with Crippen LogP contribution in [0.4, 0.5) is 8.78 Å². The van der Waals surface area contributed by atoms with Gasteiger partial charge in [-0.1, -0.05) is 0 Å². The Morgan fingerprint density at radius 3 is 2.50 bits per heavy atom. The van der Waals surface area contributed by atoms with Gasteiger partial charge in [-0.25, -0.2) is 8.78 Å². The largest absolute Gasteiger partial charge is 0.294 e. The van der Waals surface area contributed by atoms with Crippen molar-refractivity contribution in [2.24, 2.45) is 5.92 Å². The van der Waals surface area contributed by atoms with Crippen LogP contribution in [0.15, 0.2) is 0 Å². The summed E-state index contributed by atoms with van der Waals surface area (Å²) in [7, 11) is 0. The van der Waals surface area contributed by atoms with Crippen LogP contribution in [0.1, 0.15) is 26.2 Å². The zero-order chi connectivity index (χ0) is 8.77. The van der Waals surface area contributed by atoms with E-state index in [0.29, 0.717) is 18.5 Å². The van der Waals surface area contributed by atoms with Gasteiger partial charge in [0.15, 0.2) is 0 Å². The standard InChI is InChI=1S/C9H15F2N/c1-7(8-2-3-8)12-5-4-9(10,11)6-12/h7-8H,2-6H2,1H3. The molecule has 1 saturated carbocycles. The molecule has 3 heteroatoms. The molecular formula is C9H15F2N. The maximum atomic E-state index is 12.8. The predicted molar refractivity (Wildman–Crippen MR) is 43.3 cm³/mol. The van der Waals surface area contributed by atoms with Gasteiger partial charge in [0.1, 0.15) is 0 Å². The van der Waals surface area contributed by atoms with Gasteiger partial charge in [-0.3, -0.25) is 4.90 Å². The molecule has 2 aliphatic rings. The Balaban J connectivity index is 1.89. The summed E-state index contributed by atoms with van der Waals surface area (Å²) < 4.78 is 25.6. The first-order chi connectivity index (χ1) is 5.58. The molecule has 0 N–H and O–H groups in total. The van der Waals surface area contributed by atoms with E-state index in [9.17, 15) is 8.78 Å². The van der Waals surface area contributed by atoms with Crippen molar-refractivity contribution in [1.82, 2.24) is 4.90 Å². The monoisotopic (exact) mass is 175 g/mol. The molecule has 1 nitrogen and oxygen atoms in total. The van der Waals surface area contributed by atoms with Crippen molar-refractivity contribution in [3.8, 4) is 0 Å². The van der Waals surface area contributed by atoms with Gasteiger partial charge in [0.25, 0.3) is 5.92 Å². The normalized spacial score (nSPS) is 32.2. The Bertz CT molecular complexity index is 177. The van der Waals surface area contributed by atoms with Gasteiger partial charge in [-0.05, 0) is 25.7 Å². The van der Waals surface area contributed by atoms with E-state index in [0.717, 1.165) is 0 Å². The number of rotatable bonds is 2. The van der Waals surface area contributed by atoms with E-state index >= 15 is 0 Å². The van der Waals surface area contributed by atoms with Gasteiger partial charge < -0.3 is 0 Å².